The summed E-state index contributed by atoms with van der Waals surface area (Å²) in [6, 6.07) is 0.787. The van der Waals surface area contributed by atoms with Gasteiger partial charge in [-0.2, -0.15) is 0 Å². The fourth-order valence-electron chi connectivity index (χ4n) is 1.54. The third-order valence-electron chi connectivity index (χ3n) is 2.74. The number of nitrogens with one attached hydrogen (secondary N) is 1. The summed E-state index contributed by atoms with van der Waals surface area (Å²) in [6.07, 6.45) is 5.38. The second-order valence-corrected chi connectivity index (χ2v) is 5.00. The van der Waals surface area contributed by atoms with E-state index in [9.17, 15) is 4.79 Å². The molecule has 0 aromatic heterocycles. The lowest BCUT2D eigenvalue weighted by molar-refractivity contribution is -0.121. The van der Waals surface area contributed by atoms with Gasteiger partial charge in [-0.1, -0.05) is 15.9 Å². The highest BCUT2D eigenvalue weighted by Gasteiger charge is 2.25. The molecular weight excluding hydrogens is 256 g/mol. The molecule has 0 unspecified atom stereocenters. The molecule has 0 bridgehead atoms. The molecule has 1 N–H and O–H groups in total. The minimum atomic E-state index is 0.195. The average molecular weight is 277 g/mol. The Kier molecular flexibility index (Phi) is 6.25. The van der Waals surface area contributed by atoms with Crippen LogP contribution in [-0.2, 0) is 4.79 Å². The van der Waals surface area contributed by atoms with Gasteiger partial charge in [0.05, 0.1) is 0 Å². The molecule has 0 saturated heterocycles. The molecule has 0 aliphatic heterocycles. The van der Waals surface area contributed by atoms with Gasteiger partial charge >= 0.3 is 0 Å². The molecule has 0 radical (unpaired) electrons. The van der Waals surface area contributed by atoms with Gasteiger partial charge in [0.1, 0.15) is 0 Å². The summed E-state index contributed by atoms with van der Waals surface area (Å²) < 4.78 is 0. The summed E-state index contributed by atoms with van der Waals surface area (Å²) in [5.74, 6) is 0.195. The van der Waals surface area contributed by atoms with Gasteiger partial charge in [0.2, 0.25) is 5.91 Å². The minimum Gasteiger partial charge on any atom is -0.355 e. The highest BCUT2D eigenvalue weighted by atomic mass is 79.9. The van der Waals surface area contributed by atoms with Crippen molar-refractivity contribution in [2.45, 2.75) is 38.1 Å². The fourth-order valence-corrected chi connectivity index (χ4v) is 1.93. The molecule has 3 nitrogen and oxygen atoms in total. The van der Waals surface area contributed by atoms with Crippen molar-refractivity contribution < 1.29 is 4.79 Å². The van der Waals surface area contributed by atoms with E-state index in [0.29, 0.717) is 6.42 Å². The number of nitrogens with zero attached hydrogens (tertiary/aromatic N) is 1. The van der Waals surface area contributed by atoms with Crippen LogP contribution in [-0.4, -0.2) is 42.3 Å². The van der Waals surface area contributed by atoms with Crippen molar-refractivity contribution in [1.82, 2.24) is 10.2 Å². The van der Waals surface area contributed by atoms with Gasteiger partial charge < -0.3 is 10.2 Å². The van der Waals surface area contributed by atoms with E-state index in [2.05, 4.69) is 33.2 Å². The molecule has 0 aromatic carbocycles. The summed E-state index contributed by atoms with van der Waals surface area (Å²) in [5, 5.41) is 3.95. The molecule has 0 atom stereocenters. The predicted octanol–water partition coefficient (Wildman–Crippen LogP) is 1.76. The number of unbranched alkanes of at least 4 members (excludes halogenated alkanes) is 1. The first-order valence-electron chi connectivity index (χ1n) is 5.77. The van der Waals surface area contributed by atoms with Crippen molar-refractivity contribution in [3.05, 3.63) is 0 Å². The van der Waals surface area contributed by atoms with Crippen molar-refractivity contribution in [2.24, 2.45) is 0 Å². The molecule has 1 amide bonds. The Morgan fingerprint density at radius 1 is 1.47 bits per heavy atom. The molecule has 88 valence electrons. The molecule has 1 fully saturated rings. The van der Waals surface area contributed by atoms with E-state index in [-0.39, 0.29) is 5.91 Å². The average Bonchev–Trinajstić information content (AvgIpc) is 3.01. The molecule has 15 heavy (non-hydrogen) atoms. The van der Waals surface area contributed by atoms with E-state index in [1.165, 1.54) is 12.8 Å². The first kappa shape index (κ1) is 13.0. The number of carbonyl (C=O) groups excluding carboxylic acids is 1. The predicted molar refractivity (Wildman–Crippen MR) is 66.3 cm³/mol. The minimum absolute atomic E-state index is 0.195. The van der Waals surface area contributed by atoms with E-state index in [1.54, 1.807) is 0 Å². The van der Waals surface area contributed by atoms with E-state index >= 15 is 0 Å². The molecule has 0 aromatic rings. The summed E-state index contributed by atoms with van der Waals surface area (Å²) in [6.45, 7) is 1.77. The van der Waals surface area contributed by atoms with E-state index in [1.807, 2.05) is 0 Å². The maximum absolute atomic E-state index is 11.3. The van der Waals surface area contributed by atoms with Gasteiger partial charge in [-0.15, -0.1) is 0 Å². The lowest BCUT2D eigenvalue weighted by atomic mass is 10.2. The zero-order valence-corrected chi connectivity index (χ0v) is 11.1. The third-order valence-corrected chi connectivity index (χ3v) is 3.31. The number of hydrogen-bond acceptors (Lipinski definition) is 2. The number of amides is 1. The zero-order chi connectivity index (χ0) is 11.1. The molecule has 1 rings (SSSR count). The van der Waals surface area contributed by atoms with Crippen LogP contribution < -0.4 is 5.32 Å². The quantitative estimate of drug-likeness (QED) is 0.541. The second-order valence-electron chi connectivity index (χ2n) is 4.21. The normalized spacial score (nSPS) is 15.7. The van der Waals surface area contributed by atoms with Crippen molar-refractivity contribution in [1.29, 1.82) is 0 Å². The standard InChI is InChI=1S/C11H21BrN2O/c1-14(10-5-6-10)9-8-13-11(15)4-2-3-7-12/h10H,2-9H2,1H3,(H,13,15). The Balaban J connectivity index is 1.91. The fraction of sp³-hybridized carbons (Fsp3) is 0.909. The maximum Gasteiger partial charge on any atom is 0.220 e. The van der Waals surface area contributed by atoms with Crippen LogP contribution in [0.2, 0.25) is 0 Å². The van der Waals surface area contributed by atoms with E-state index in [0.717, 1.165) is 37.3 Å². The Bertz CT molecular complexity index is 195. The summed E-state index contributed by atoms with van der Waals surface area (Å²) in [4.78, 5) is 13.7. The smallest absolute Gasteiger partial charge is 0.220 e. The highest BCUT2D eigenvalue weighted by molar-refractivity contribution is 9.09. The summed E-state index contributed by atoms with van der Waals surface area (Å²) in [5.41, 5.74) is 0. The van der Waals surface area contributed by atoms with Crippen LogP contribution >= 0.6 is 15.9 Å². The van der Waals surface area contributed by atoms with Crippen LogP contribution in [0.4, 0.5) is 0 Å². The number of halogens is 1. The van der Waals surface area contributed by atoms with E-state index < -0.39 is 0 Å². The van der Waals surface area contributed by atoms with Crippen LogP contribution in [0.25, 0.3) is 0 Å². The van der Waals surface area contributed by atoms with Crippen LogP contribution in [0.15, 0.2) is 0 Å². The van der Waals surface area contributed by atoms with Gasteiger partial charge in [0, 0.05) is 30.9 Å². The van der Waals surface area contributed by atoms with Crippen molar-refractivity contribution in [3.8, 4) is 0 Å². The summed E-state index contributed by atoms with van der Waals surface area (Å²) >= 11 is 3.36. The number of alkyl halides is 1. The third kappa shape index (κ3) is 6.15. The zero-order valence-electron chi connectivity index (χ0n) is 9.47. The first-order chi connectivity index (χ1) is 7.24. The number of hydrogen-bond donors (Lipinski definition) is 1. The Morgan fingerprint density at radius 2 is 2.20 bits per heavy atom. The molecule has 0 spiro atoms. The highest BCUT2D eigenvalue weighted by Crippen LogP contribution is 2.24. The maximum atomic E-state index is 11.3. The van der Waals surface area contributed by atoms with Gasteiger partial charge in [0.25, 0.3) is 0 Å². The molecule has 1 aliphatic rings. The first-order valence-corrected chi connectivity index (χ1v) is 6.89. The number of carbonyl (C=O) groups is 1. The van der Waals surface area contributed by atoms with Gasteiger partial charge in [-0.05, 0) is 32.7 Å². The van der Waals surface area contributed by atoms with Crippen LogP contribution in [0.1, 0.15) is 32.1 Å². The number of rotatable bonds is 8. The molecule has 4 heteroatoms. The Morgan fingerprint density at radius 3 is 2.80 bits per heavy atom. The Hall–Kier alpha value is -0.0900. The Labute approximate surface area is 101 Å². The SMILES string of the molecule is CN(CCNC(=O)CCCCBr)C1CC1. The van der Waals surface area contributed by atoms with Crippen LogP contribution in [0.5, 0.6) is 0 Å². The lowest BCUT2D eigenvalue weighted by Crippen LogP contribution is -2.33. The van der Waals surface area contributed by atoms with Gasteiger partial charge in [-0.25, -0.2) is 0 Å². The van der Waals surface area contributed by atoms with Crippen molar-refractivity contribution >= 4 is 21.8 Å². The molecular formula is C11H21BrN2O. The topological polar surface area (TPSA) is 32.3 Å². The largest absolute Gasteiger partial charge is 0.355 e. The van der Waals surface area contributed by atoms with Gasteiger partial charge in [-0.3, -0.25) is 4.79 Å². The molecule has 0 heterocycles. The van der Waals surface area contributed by atoms with Gasteiger partial charge in [0.15, 0.2) is 0 Å². The summed E-state index contributed by atoms with van der Waals surface area (Å²) in [7, 11) is 2.13. The lowest BCUT2D eigenvalue weighted by Gasteiger charge is -2.15. The second kappa shape index (κ2) is 7.23. The van der Waals surface area contributed by atoms with Crippen molar-refractivity contribution in [3.63, 3.8) is 0 Å². The van der Waals surface area contributed by atoms with Crippen molar-refractivity contribution in [2.75, 3.05) is 25.5 Å². The monoisotopic (exact) mass is 276 g/mol. The molecule has 1 saturated carbocycles. The molecule has 1 aliphatic carbocycles. The van der Waals surface area contributed by atoms with Crippen LogP contribution in [0, 0.1) is 0 Å². The van der Waals surface area contributed by atoms with Crippen LogP contribution in [0.3, 0.4) is 0 Å². The number of likely N-dealkylation sites (N-methyl/N-ethyl adjacent to an activating group) is 1. The van der Waals surface area contributed by atoms with E-state index in [4.69, 9.17) is 0 Å².